The summed E-state index contributed by atoms with van der Waals surface area (Å²) in [5.41, 5.74) is 2.63. The maximum absolute atomic E-state index is 15.1. The third-order valence-corrected chi connectivity index (χ3v) is 9.87. The second-order valence-corrected chi connectivity index (χ2v) is 12.5. The van der Waals surface area contributed by atoms with E-state index in [1.807, 2.05) is 12.1 Å². The molecule has 1 nitrogen and oxygen atoms in total. The van der Waals surface area contributed by atoms with Gasteiger partial charge in [0.05, 0.1) is 17.0 Å². The van der Waals surface area contributed by atoms with Crippen molar-refractivity contribution in [2.75, 3.05) is 0 Å². The van der Waals surface area contributed by atoms with E-state index in [4.69, 9.17) is 16.3 Å². The summed E-state index contributed by atoms with van der Waals surface area (Å²) < 4.78 is 64.6. The van der Waals surface area contributed by atoms with Gasteiger partial charge in [0.15, 0.2) is 0 Å². The normalized spacial score (nSPS) is 30.8. The van der Waals surface area contributed by atoms with Crippen LogP contribution in [0.5, 0.6) is 0 Å². The number of alkyl halides is 2. The van der Waals surface area contributed by atoms with Crippen LogP contribution in [0.3, 0.4) is 0 Å². The lowest BCUT2D eigenvalue weighted by Crippen LogP contribution is -2.38. The zero-order chi connectivity index (χ0) is 26.9. The van der Waals surface area contributed by atoms with Crippen LogP contribution in [0, 0.1) is 23.5 Å². The number of hydrogen-bond donors (Lipinski definition) is 0. The van der Waals surface area contributed by atoms with Gasteiger partial charge in [0.2, 0.25) is 0 Å². The van der Waals surface area contributed by atoms with Crippen molar-refractivity contribution >= 4 is 11.6 Å². The van der Waals surface area contributed by atoms with E-state index in [1.54, 1.807) is 12.1 Å². The molecule has 0 N–H and O–H groups in total. The maximum atomic E-state index is 15.1. The third kappa shape index (κ3) is 6.41. The first kappa shape index (κ1) is 28.0. The van der Waals surface area contributed by atoms with Gasteiger partial charge in [-0.1, -0.05) is 49.6 Å². The number of hydrogen-bond acceptors (Lipinski definition) is 1. The van der Waals surface area contributed by atoms with Crippen molar-refractivity contribution < 1.29 is 22.3 Å². The smallest absolute Gasteiger partial charge is 0.317 e. The lowest BCUT2D eigenvalue weighted by Gasteiger charge is -2.37. The Hall–Kier alpha value is -1.59. The van der Waals surface area contributed by atoms with E-state index < -0.39 is 23.9 Å². The first-order chi connectivity index (χ1) is 18.2. The summed E-state index contributed by atoms with van der Waals surface area (Å²) in [6, 6.07) is 10.5. The van der Waals surface area contributed by atoms with E-state index in [0.29, 0.717) is 62.8 Å². The van der Waals surface area contributed by atoms with Crippen molar-refractivity contribution in [3.05, 3.63) is 69.7 Å². The second kappa shape index (κ2) is 11.9. The van der Waals surface area contributed by atoms with Gasteiger partial charge < -0.3 is 4.74 Å². The van der Waals surface area contributed by atoms with Crippen LogP contribution in [0.4, 0.5) is 17.6 Å². The highest BCUT2D eigenvalue weighted by molar-refractivity contribution is 6.30. The minimum atomic E-state index is -3.19. The Kier molecular flexibility index (Phi) is 8.74. The van der Waals surface area contributed by atoms with Gasteiger partial charge in [-0.05, 0) is 123 Å². The Balaban J connectivity index is 1.11. The minimum absolute atomic E-state index is 0.0160. The molecule has 0 saturated heterocycles. The molecular weight excluding hydrogens is 512 g/mol. The molecule has 0 aliphatic heterocycles. The summed E-state index contributed by atoms with van der Waals surface area (Å²) >= 11 is 5.78. The van der Waals surface area contributed by atoms with Crippen molar-refractivity contribution in [2.24, 2.45) is 11.8 Å². The predicted octanol–water partition coefficient (Wildman–Crippen LogP) is 10.5. The summed E-state index contributed by atoms with van der Waals surface area (Å²) in [6.07, 6.45) is 5.11. The lowest BCUT2D eigenvalue weighted by molar-refractivity contribution is -0.300. The molecule has 2 aromatic carbocycles. The molecule has 0 spiro atoms. The molecule has 0 amide bonds. The molecule has 38 heavy (non-hydrogen) atoms. The summed E-state index contributed by atoms with van der Waals surface area (Å²) in [5.74, 6) is -0.157. The molecule has 2 aromatic rings. The maximum Gasteiger partial charge on any atom is 0.358 e. The van der Waals surface area contributed by atoms with Gasteiger partial charge >= 0.3 is 6.11 Å². The van der Waals surface area contributed by atoms with E-state index in [9.17, 15) is 4.39 Å². The molecule has 0 heterocycles. The van der Waals surface area contributed by atoms with Crippen molar-refractivity contribution in [1.29, 1.82) is 0 Å². The van der Waals surface area contributed by atoms with Crippen molar-refractivity contribution in [3.8, 4) is 0 Å². The van der Waals surface area contributed by atoms with Gasteiger partial charge in [-0.15, -0.1) is 0 Å². The van der Waals surface area contributed by atoms with Crippen LogP contribution in [0.25, 0.3) is 0 Å². The fourth-order valence-corrected chi connectivity index (χ4v) is 7.18. The first-order valence-corrected chi connectivity index (χ1v) is 14.9. The molecular formula is C32H39ClF4O. The lowest BCUT2D eigenvalue weighted by atomic mass is 9.76. The number of benzene rings is 2. The summed E-state index contributed by atoms with van der Waals surface area (Å²) in [7, 11) is 0. The van der Waals surface area contributed by atoms with Crippen LogP contribution >= 0.6 is 11.6 Å². The Morgan fingerprint density at radius 3 is 1.79 bits per heavy atom. The van der Waals surface area contributed by atoms with Gasteiger partial charge in [-0.25, -0.2) is 8.78 Å². The third-order valence-electron chi connectivity index (χ3n) is 9.57. The van der Waals surface area contributed by atoms with Crippen LogP contribution in [0.1, 0.15) is 118 Å². The highest BCUT2D eigenvalue weighted by Gasteiger charge is 2.45. The molecule has 208 valence electrons. The highest BCUT2D eigenvalue weighted by atomic mass is 35.5. The molecule has 0 aromatic heterocycles. The van der Waals surface area contributed by atoms with E-state index in [-0.39, 0.29) is 22.7 Å². The van der Waals surface area contributed by atoms with Crippen LogP contribution in [0.2, 0.25) is 5.02 Å². The summed E-state index contributed by atoms with van der Waals surface area (Å²) in [6.45, 7) is 2.28. The monoisotopic (exact) mass is 550 g/mol. The van der Waals surface area contributed by atoms with Crippen LogP contribution in [0.15, 0.2) is 36.4 Å². The van der Waals surface area contributed by atoms with E-state index >= 15 is 13.2 Å². The Morgan fingerprint density at radius 1 is 0.684 bits per heavy atom. The van der Waals surface area contributed by atoms with Crippen molar-refractivity contribution in [2.45, 2.75) is 114 Å². The number of ether oxygens (including phenoxy) is 1. The Morgan fingerprint density at radius 2 is 1.21 bits per heavy atom. The fourth-order valence-electron chi connectivity index (χ4n) is 7.06. The molecule has 3 saturated carbocycles. The van der Waals surface area contributed by atoms with Crippen LogP contribution in [-0.2, 0) is 4.74 Å². The Bertz CT molecular complexity index is 1080. The molecule has 0 bridgehead atoms. The molecule has 0 radical (unpaired) electrons. The van der Waals surface area contributed by atoms with Gasteiger partial charge in [-0.3, -0.25) is 0 Å². The van der Waals surface area contributed by atoms with Crippen LogP contribution < -0.4 is 0 Å². The highest BCUT2D eigenvalue weighted by Crippen LogP contribution is 2.46. The van der Waals surface area contributed by atoms with Gasteiger partial charge in [0.25, 0.3) is 0 Å². The van der Waals surface area contributed by atoms with Gasteiger partial charge in [-0.2, -0.15) is 8.78 Å². The predicted molar refractivity (Wildman–Crippen MR) is 144 cm³/mol. The van der Waals surface area contributed by atoms with Crippen molar-refractivity contribution in [3.63, 3.8) is 0 Å². The van der Waals surface area contributed by atoms with E-state index in [1.165, 1.54) is 18.9 Å². The minimum Gasteiger partial charge on any atom is -0.317 e. The standard InChI is InChI=1S/C32H39ClF4O/c1-20-2-4-21(5-3-20)24-10-16-28(30(34)18-24)23-6-12-26(13-7-23)32(36,37)38-27-14-8-22(9-15-27)25-11-17-29(33)31(35)19-25/h10-11,16-23,26-27H,2-9,12-15H2,1H3. The van der Waals surface area contributed by atoms with Gasteiger partial charge in [0.1, 0.15) is 11.6 Å². The number of halogens is 5. The van der Waals surface area contributed by atoms with Crippen molar-refractivity contribution in [1.82, 2.24) is 0 Å². The topological polar surface area (TPSA) is 9.23 Å². The number of rotatable bonds is 6. The largest absolute Gasteiger partial charge is 0.358 e. The summed E-state index contributed by atoms with van der Waals surface area (Å²) in [4.78, 5) is 0. The molecule has 0 atom stereocenters. The molecule has 3 aliphatic rings. The quantitative estimate of drug-likeness (QED) is 0.325. The second-order valence-electron chi connectivity index (χ2n) is 12.1. The van der Waals surface area contributed by atoms with E-state index in [0.717, 1.165) is 29.9 Å². The zero-order valence-electron chi connectivity index (χ0n) is 22.2. The first-order valence-electron chi connectivity index (χ1n) is 14.5. The van der Waals surface area contributed by atoms with E-state index in [2.05, 4.69) is 13.0 Å². The molecule has 6 heteroatoms. The molecule has 5 rings (SSSR count). The molecule has 0 unspecified atom stereocenters. The molecule has 3 fully saturated rings. The van der Waals surface area contributed by atoms with Crippen LogP contribution in [-0.4, -0.2) is 12.2 Å². The average Bonchev–Trinajstić information content (AvgIpc) is 2.91. The fraction of sp³-hybridized carbons (Fsp3) is 0.625. The Labute approximate surface area is 229 Å². The van der Waals surface area contributed by atoms with Gasteiger partial charge in [0, 0.05) is 0 Å². The summed E-state index contributed by atoms with van der Waals surface area (Å²) in [5, 5.41) is 0.0917. The zero-order valence-corrected chi connectivity index (χ0v) is 23.0. The molecule has 3 aliphatic carbocycles. The average molecular weight is 551 g/mol. The SMILES string of the molecule is CC1CCC(c2ccc(C3CCC(C(F)(F)OC4CCC(c5ccc(Cl)c(F)c5)CC4)CC3)c(F)c2)CC1.